The van der Waals surface area contributed by atoms with Gasteiger partial charge in [0.2, 0.25) is 0 Å². The number of nitrogens with zero attached hydrogens (tertiary/aromatic N) is 1. The van der Waals surface area contributed by atoms with E-state index in [9.17, 15) is 0 Å². The third-order valence-electron chi connectivity index (χ3n) is 2.17. The van der Waals surface area contributed by atoms with Crippen LogP contribution in [0.15, 0.2) is 30.5 Å². The van der Waals surface area contributed by atoms with Crippen LogP contribution in [0.3, 0.4) is 0 Å². The van der Waals surface area contributed by atoms with Gasteiger partial charge in [-0.25, -0.2) is 0 Å². The Balaban J connectivity index is 2.53. The number of hydrogen-bond donors (Lipinski definition) is 1. The van der Waals surface area contributed by atoms with E-state index < -0.39 is 0 Å². The molecule has 17 heavy (non-hydrogen) atoms. The predicted molar refractivity (Wildman–Crippen MR) is 71.1 cm³/mol. The van der Waals surface area contributed by atoms with Crippen molar-refractivity contribution in [2.24, 2.45) is 0 Å². The molecule has 0 aliphatic rings. The van der Waals surface area contributed by atoms with E-state index in [-0.39, 0.29) is 5.54 Å². The SMILES string of the molecule is CC=CCOc1ccnc(CNC(C)(C)C)c1. The Morgan fingerprint density at radius 3 is 2.82 bits per heavy atom. The van der Waals surface area contributed by atoms with Crippen molar-refractivity contribution < 1.29 is 4.74 Å². The molecule has 0 aliphatic carbocycles. The maximum atomic E-state index is 5.56. The fourth-order valence-electron chi connectivity index (χ4n) is 1.24. The molecular formula is C14H22N2O. The zero-order valence-electron chi connectivity index (χ0n) is 11.2. The van der Waals surface area contributed by atoms with Gasteiger partial charge in [-0.15, -0.1) is 0 Å². The largest absolute Gasteiger partial charge is 0.489 e. The highest BCUT2D eigenvalue weighted by atomic mass is 16.5. The summed E-state index contributed by atoms with van der Waals surface area (Å²) >= 11 is 0. The monoisotopic (exact) mass is 234 g/mol. The van der Waals surface area contributed by atoms with Crippen LogP contribution in [0.1, 0.15) is 33.4 Å². The summed E-state index contributed by atoms with van der Waals surface area (Å²) < 4.78 is 5.56. The number of pyridine rings is 1. The summed E-state index contributed by atoms with van der Waals surface area (Å²) in [6.45, 7) is 9.75. The summed E-state index contributed by atoms with van der Waals surface area (Å²) in [5.41, 5.74) is 1.10. The van der Waals surface area contributed by atoms with Crippen molar-refractivity contribution in [2.75, 3.05) is 6.61 Å². The molecule has 0 aliphatic heterocycles. The molecule has 0 atom stereocenters. The van der Waals surface area contributed by atoms with Gasteiger partial charge in [0.1, 0.15) is 12.4 Å². The van der Waals surface area contributed by atoms with Crippen LogP contribution in [-0.4, -0.2) is 17.1 Å². The van der Waals surface area contributed by atoms with Crippen LogP contribution < -0.4 is 10.1 Å². The molecule has 0 fully saturated rings. The lowest BCUT2D eigenvalue weighted by molar-refractivity contribution is 0.360. The second kappa shape index (κ2) is 6.40. The molecule has 1 N–H and O–H groups in total. The maximum Gasteiger partial charge on any atom is 0.123 e. The van der Waals surface area contributed by atoms with E-state index >= 15 is 0 Å². The molecule has 94 valence electrons. The first-order valence-corrected chi connectivity index (χ1v) is 5.95. The second-order valence-corrected chi connectivity index (χ2v) is 4.97. The van der Waals surface area contributed by atoms with Gasteiger partial charge in [-0.1, -0.05) is 12.2 Å². The smallest absolute Gasteiger partial charge is 0.123 e. The standard InChI is InChI=1S/C14H22N2O/c1-5-6-9-17-13-7-8-15-12(10-13)11-16-14(2,3)4/h5-8,10,16H,9,11H2,1-4H3. The van der Waals surface area contributed by atoms with Gasteiger partial charge in [0.05, 0.1) is 5.69 Å². The fraction of sp³-hybridized carbons (Fsp3) is 0.500. The molecule has 0 saturated carbocycles. The summed E-state index contributed by atoms with van der Waals surface area (Å²) in [4.78, 5) is 4.31. The second-order valence-electron chi connectivity index (χ2n) is 4.97. The highest BCUT2D eigenvalue weighted by Gasteiger charge is 2.08. The van der Waals surface area contributed by atoms with Gasteiger partial charge >= 0.3 is 0 Å². The van der Waals surface area contributed by atoms with Crippen molar-refractivity contribution in [1.29, 1.82) is 0 Å². The fourth-order valence-corrected chi connectivity index (χ4v) is 1.24. The van der Waals surface area contributed by atoms with Crippen LogP contribution in [0.2, 0.25) is 0 Å². The van der Waals surface area contributed by atoms with Crippen LogP contribution >= 0.6 is 0 Å². The van der Waals surface area contributed by atoms with Crippen molar-refractivity contribution in [3.63, 3.8) is 0 Å². The quantitative estimate of drug-likeness (QED) is 0.795. The molecule has 1 heterocycles. The molecule has 1 aromatic rings. The summed E-state index contributed by atoms with van der Waals surface area (Å²) in [7, 11) is 0. The van der Waals surface area contributed by atoms with Crippen LogP contribution in [0, 0.1) is 0 Å². The van der Waals surface area contributed by atoms with Crippen molar-refractivity contribution in [1.82, 2.24) is 10.3 Å². The predicted octanol–water partition coefficient (Wildman–Crippen LogP) is 2.92. The molecule has 3 heteroatoms. The van der Waals surface area contributed by atoms with Crippen molar-refractivity contribution >= 4 is 0 Å². The first-order chi connectivity index (χ1) is 8.01. The van der Waals surface area contributed by atoms with E-state index in [0.717, 1.165) is 18.0 Å². The molecule has 0 aromatic carbocycles. The normalized spacial score (nSPS) is 12.0. The minimum absolute atomic E-state index is 0.101. The Hall–Kier alpha value is -1.35. The van der Waals surface area contributed by atoms with Gasteiger partial charge in [0.25, 0.3) is 0 Å². The average molecular weight is 234 g/mol. The highest BCUT2D eigenvalue weighted by molar-refractivity contribution is 5.22. The molecule has 3 nitrogen and oxygen atoms in total. The van der Waals surface area contributed by atoms with E-state index in [4.69, 9.17) is 4.74 Å². The Labute approximate surface area is 104 Å². The highest BCUT2D eigenvalue weighted by Crippen LogP contribution is 2.11. The van der Waals surface area contributed by atoms with Crippen LogP contribution in [0.25, 0.3) is 0 Å². The molecule has 0 spiro atoms. The van der Waals surface area contributed by atoms with Gasteiger partial charge < -0.3 is 10.1 Å². The Bertz CT molecular complexity index is 367. The first-order valence-electron chi connectivity index (χ1n) is 5.95. The third-order valence-corrected chi connectivity index (χ3v) is 2.17. The molecule has 0 unspecified atom stereocenters. The number of nitrogens with one attached hydrogen (secondary N) is 1. The summed E-state index contributed by atoms with van der Waals surface area (Å²) in [5.74, 6) is 0.865. The summed E-state index contributed by atoms with van der Waals surface area (Å²) in [6.07, 6.45) is 5.74. The number of ether oxygens (including phenoxy) is 1. The van der Waals surface area contributed by atoms with Crippen LogP contribution in [-0.2, 0) is 6.54 Å². The molecule has 0 bridgehead atoms. The molecule has 0 saturated heterocycles. The van der Waals surface area contributed by atoms with Gasteiger partial charge in [0.15, 0.2) is 0 Å². The lowest BCUT2D eigenvalue weighted by Gasteiger charge is -2.20. The molecule has 1 rings (SSSR count). The first kappa shape index (κ1) is 13.7. The van der Waals surface area contributed by atoms with Gasteiger partial charge in [0, 0.05) is 24.3 Å². The topological polar surface area (TPSA) is 34.1 Å². The summed E-state index contributed by atoms with van der Waals surface area (Å²) in [5, 5.41) is 3.40. The van der Waals surface area contributed by atoms with E-state index in [1.54, 1.807) is 6.20 Å². The number of aromatic nitrogens is 1. The number of rotatable bonds is 5. The van der Waals surface area contributed by atoms with E-state index in [1.165, 1.54) is 0 Å². The molecule has 1 aromatic heterocycles. The van der Waals surface area contributed by atoms with Crippen molar-refractivity contribution in [2.45, 2.75) is 39.8 Å². The molecular weight excluding hydrogens is 212 g/mol. The Kier molecular flexibility index (Phi) is 5.16. The van der Waals surface area contributed by atoms with E-state index in [1.807, 2.05) is 31.2 Å². The van der Waals surface area contributed by atoms with Crippen molar-refractivity contribution in [3.05, 3.63) is 36.2 Å². The summed E-state index contributed by atoms with van der Waals surface area (Å²) in [6, 6.07) is 3.85. The lowest BCUT2D eigenvalue weighted by Crippen LogP contribution is -2.35. The zero-order valence-corrected chi connectivity index (χ0v) is 11.2. The van der Waals surface area contributed by atoms with Gasteiger partial charge in [-0.05, 0) is 33.8 Å². The molecule has 0 amide bonds. The number of allylic oxidation sites excluding steroid dienone is 1. The van der Waals surface area contributed by atoms with E-state index in [0.29, 0.717) is 6.61 Å². The van der Waals surface area contributed by atoms with Crippen molar-refractivity contribution in [3.8, 4) is 5.75 Å². The maximum absolute atomic E-state index is 5.56. The minimum atomic E-state index is 0.101. The minimum Gasteiger partial charge on any atom is -0.489 e. The van der Waals surface area contributed by atoms with E-state index in [2.05, 4.69) is 31.1 Å². The zero-order chi connectivity index (χ0) is 12.7. The van der Waals surface area contributed by atoms with Crippen LogP contribution in [0.5, 0.6) is 5.75 Å². The van der Waals surface area contributed by atoms with Crippen LogP contribution in [0.4, 0.5) is 0 Å². The number of hydrogen-bond acceptors (Lipinski definition) is 3. The van der Waals surface area contributed by atoms with Gasteiger partial charge in [-0.2, -0.15) is 0 Å². The Morgan fingerprint density at radius 2 is 2.18 bits per heavy atom. The molecule has 0 radical (unpaired) electrons. The average Bonchev–Trinajstić information content (AvgIpc) is 2.27. The Morgan fingerprint density at radius 1 is 1.41 bits per heavy atom. The third kappa shape index (κ3) is 6.07. The van der Waals surface area contributed by atoms with Gasteiger partial charge in [-0.3, -0.25) is 4.98 Å². The lowest BCUT2D eigenvalue weighted by atomic mass is 10.1.